The summed E-state index contributed by atoms with van der Waals surface area (Å²) in [6.45, 7) is 2.07. The fraction of sp³-hybridized carbons (Fsp3) is 0.385. The van der Waals surface area contributed by atoms with E-state index in [9.17, 15) is 26.0 Å². The van der Waals surface area contributed by atoms with E-state index in [2.05, 4.69) is 15.3 Å². The molecule has 7 nitrogen and oxygen atoms in total. The summed E-state index contributed by atoms with van der Waals surface area (Å²) in [6.07, 6.45) is -1.98. The van der Waals surface area contributed by atoms with Gasteiger partial charge >= 0.3 is 6.18 Å². The number of nitrogens with zero attached hydrogens (tertiary/aromatic N) is 4. The summed E-state index contributed by atoms with van der Waals surface area (Å²) >= 11 is 0. The van der Waals surface area contributed by atoms with E-state index in [1.165, 1.54) is 16.4 Å². The third-order valence-electron chi connectivity index (χ3n) is 6.57. The molecule has 3 aromatic rings. The summed E-state index contributed by atoms with van der Waals surface area (Å²) in [5.41, 5.74) is 1.04. The van der Waals surface area contributed by atoms with E-state index in [0.29, 0.717) is 30.8 Å². The van der Waals surface area contributed by atoms with Crippen molar-refractivity contribution in [1.29, 1.82) is 0 Å². The van der Waals surface area contributed by atoms with Crippen LogP contribution in [0.2, 0.25) is 0 Å². The third kappa shape index (κ3) is 5.91. The van der Waals surface area contributed by atoms with Gasteiger partial charge < -0.3 is 10.2 Å². The van der Waals surface area contributed by atoms with E-state index in [0.717, 1.165) is 17.4 Å². The smallest absolute Gasteiger partial charge is 0.378 e. The first kappa shape index (κ1) is 27.8. The highest BCUT2D eigenvalue weighted by molar-refractivity contribution is 7.89. The van der Waals surface area contributed by atoms with E-state index in [1.54, 1.807) is 6.92 Å². The van der Waals surface area contributed by atoms with Crippen molar-refractivity contribution in [2.24, 2.45) is 0 Å². The predicted molar refractivity (Wildman–Crippen MR) is 137 cm³/mol. The zero-order chi connectivity index (χ0) is 27.7. The van der Waals surface area contributed by atoms with Crippen LogP contribution < -0.4 is 10.2 Å². The Morgan fingerprint density at radius 1 is 1.13 bits per heavy atom. The molecule has 1 aliphatic heterocycles. The molecule has 0 bridgehead atoms. The number of halogens is 4. The topological polar surface area (TPSA) is 78.4 Å². The van der Waals surface area contributed by atoms with Crippen molar-refractivity contribution in [2.75, 3.05) is 37.4 Å². The molecular weight excluding hydrogens is 522 g/mol. The Labute approximate surface area is 219 Å². The quantitative estimate of drug-likeness (QED) is 0.376. The number of hydrogen-bond acceptors (Lipinski definition) is 6. The van der Waals surface area contributed by atoms with E-state index in [1.807, 2.05) is 43.3 Å². The Hall–Kier alpha value is -3.25. The van der Waals surface area contributed by atoms with Crippen molar-refractivity contribution in [3.05, 3.63) is 77.5 Å². The molecule has 1 aliphatic rings. The number of sulfonamides is 1. The second-order valence-electron chi connectivity index (χ2n) is 9.51. The summed E-state index contributed by atoms with van der Waals surface area (Å²) in [7, 11) is -0.627. The lowest BCUT2D eigenvalue weighted by Crippen LogP contribution is -2.32. The van der Waals surface area contributed by atoms with Gasteiger partial charge in [0.05, 0.1) is 17.8 Å². The van der Waals surface area contributed by atoms with Crippen LogP contribution in [-0.2, 0) is 16.2 Å². The summed E-state index contributed by atoms with van der Waals surface area (Å²) in [4.78, 5) is 9.25. The molecule has 1 N–H and O–H groups in total. The maximum Gasteiger partial charge on any atom is 0.417 e. The lowest BCUT2D eigenvalue weighted by Gasteiger charge is -2.27. The Morgan fingerprint density at radius 2 is 1.89 bits per heavy atom. The Balaban J connectivity index is 1.69. The molecular formula is C26H29F4N5O2S. The van der Waals surface area contributed by atoms with Crippen LogP contribution in [0.15, 0.2) is 59.8 Å². The second-order valence-corrected chi connectivity index (χ2v) is 11.4. The number of aromatic nitrogens is 2. The molecule has 0 radical (unpaired) electrons. The van der Waals surface area contributed by atoms with Crippen molar-refractivity contribution in [2.45, 2.75) is 42.8 Å². The maximum atomic E-state index is 13.9. The highest BCUT2D eigenvalue weighted by Crippen LogP contribution is 2.40. The Morgan fingerprint density at radius 3 is 2.55 bits per heavy atom. The van der Waals surface area contributed by atoms with Crippen molar-refractivity contribution in [3.8, 4) is 0 Å². The molecule has 2 unspecified atom stereocenters. The molecule has 2 aromatic heterocycles. The highest BCUT2D eigenvalue weighted by atomic mass is 32.2. The van der Waals surface area contributed by atoms with Crippen LogP contribution in [0.5, 0.6) is 0 Å². The van der Waals surface area contributed by atoms with Crippen LogP contribution in [0.1, 0.15) is 48.5 Å². The summed E-state index contributed by atoms with van der Waals surface area (Å²) in [6, 6.07) is 10.3. The SMILES string of the molecule is CC(CNc1ncc(C(F)(F)F)cc1S(=O)(=O)N1CCCC1c1cccc(N(C)C)c1)c1ccc(F)cn1. The van der Waals surface area contributed by atoms with Gasteiger partial charge in [0, 0.05) is 50.7 Å². The summed E-state index contributed by atoms with van der Waals surface area (Å²) in [5.74, 6) is -0.980. The van der Waals surface area contributed by atoms with Crippen LogP contribution in [-0.4, -0.2) is 49.9 Å². The van der Waals surface area contributed by atoms with Crippen molar-refractivity contribution >= 4 is 21.5 Å². The first-order valence-electron chi connectivity index (χ1n) is 12.1. The average Bonchev–Trinajstić information content (AvgIpc) is 3.38. The van der Waals surface area contributed by atoms with Crippen LogP contribution in [0.25, 0.3) is 0 Å². The normalized spacial score (nSPS) is 17.4. The van der Waals surface area contributed by atoms with Crippen molar-refractivity contribution in [1.82, 2.24) is 14.3 Å². The number of alkyl halides is 3. The molecule has 0 aliphatic carbocycles. The molecule has 2 atom stereocenters. The molecule has 1 aromatic carbocycles. The first-order valence-corrected chi connectivity index (χ1v) is 13.5. The predicted octanol–water partition coefficient (Wildman–Crippen LogP) is 5.44. The second kappa shape index (κ2) is 10.9. The summed E-state index contributed by atoms with van der Waals surface area (Å²) < 4.78 is 83.0. The van der Waals surface area contributed by atoms with Gasteiger partial charge in [-0.3, -0.25) is 4.98 Å². The lowest BCUT2D eigenvalue weighted by atomic mass is 10.0. The van der Waals surface area contributed by atoms with Gasteiger partial charge in [0.1, 0.15) is 16.5 Å². The van der Waals surface area contributed by atoms with Crippen molar-refractivity contribution < 1.29 is 26.0 Å². The van der Waals surface area contributed by atoms with Gasteiger partial charge in [-0.15, -0.1) is 0 Å². The highest BCUT2D eigenvalue weighted by Gasteiger charge is 2.40. The molecule has 4 rings (SSSR count). The molecule has 12 heteroatoms. The largest absolute Gasteiger partial charge is 0.417 e. The van der Waals surface area contributed by atoms with Crippen LogP contribution in [0, 0.1) is 5.82 Å². The summed E-state index contributed by atoms with van der Waals surface area (Å²) in [5, 5.41) is 2.89. The molecule has 0 amide bonds. The zero-order valence-corrected chi connectivity index (χ0v) is 22.0. The average molecular weight is 552 g/mol. The van der Waals surface area contributed by atoms with Gasteiger partial charge in [-0.1, -0.05) is 19.1 Å². The van der Waals surface area contributed by atoms with Gasteiger partial charge in [0.25, 0.3) is 0 Å². The van der Waals surface area contributed by atoms with E-state index >= 15 is 0 Å². The molecule has 3 heterocycles. The number of pyridine rings is 2. The Kier molecular flexibility index (Phi) is 7.93. The molecule has 1 fully saturated rings. The molecule has 1 saturated heterocycles. The van der Waals surface area contributed by atoms with Gasteiger partial charge in [-0.2, -0.15) is 17.5 Å². The lowest BCUT2D eigenvalue weighted by molar-refractivity contribution is -0.138. The fourth-order valence-corrected chi connectivity index (χ4v) is 6.29. The van der Waals surface area contributed by atoms with Crippen LogP contribution >= 0.6 is 0 Å². The molecule has 38 heavy (non-hydrogen) atoms. The number of anilines is 2. The van der Waals surface area contributed by atoms with Gasteiger partial charge in [0.2, 0.25) is 10.0 Å². The van der Waals surface area contributed by atoms with E-state index in [4.69, 9.17) is 0 Å². The number of hydrogen-bond donors (Lipinski definition) is 1. The standard InChI is InChI=1S/C26H29F4N5O2S/c1-17(22-10-9-20(27)16-31-22)14-32-25-24(13-19(15-33-25)26(28,29)30)38(36,37)35-11-5-8-23(35)18-6-4-7-21(12-18)34(2)3/h4,6-7,9-10,12-13,15-17,23H,5,8,11,14H2,1-3H3,(H,32,33). The third-order valence-corrected chi connectivity index (χ3v) is 8.49. The fourth-order valence-electron chi connectivity index (χ4n) is 4.46. The minimum absolute atomic E-state index is 0.119. The maximum absolute atomic E-state index is 13.9. The van der Waals surface area contributed by atoms with Gasteiger partial charge in [0.15, 0.2) is 0 Å². The number of benzene rings is 1. The Bertz CT molecular complexity index is 1380. The number of rotatable bonds is 8. The molecule has 0 saturated carbocycles. The van der Waals surface area contributed by atoms with Gasteiger partial charge in [-0.25, -0.2) is 17.8 Å². The van der Waals surface area contributed by atoms with Crippen LogP contribution in [0.3, 0.4) is 0 Å². The van der Waals surface area contributed by atoms with Gasteiger partial charge in [-0.05, 0) is 48.7 Å². The molecule has 204 valence electrons. The minimum Gasteiger partial charge on any atom is -0.378 e. The van der Waals surface area contributed by atoms with E-state index in [-0.39, 0.29) is 24.8 Å². The molecule has 0 spiro atoms. The van der Waals surface area contributed by atoms with Crippen LogP contribution in [0.4, 0.5) is 29.1 Å². The minimum atomic E-state index is -4.77. The monoisotopic (exact) mass is 551 g/mol. The first-order chi connectivity index (χ1) is 17.9. The number of nitrogens with one attached hydrogen (secondary N) is 1. The zero-order valence-electron chi connectivity index (χ0n) is 21.2. The van der Waals surface area contributed by atoms with Crippen molar-refractivity contribution in [3.63, 3.8) is 0 Å². The van der Waals surface area contributed by atoms with E-state index < -0.39 is 38.5 Å².